The lowest BCUT2D eigenvalue weighted by Gasteiger charge is -2.06. The van der Waals surface area contributed by atoms with E-state index in [9.17, 15) is 21.6 Å². The minimum absolute atomic E-state index is 0.126. The molecule has 0 heterocycles. The Morgan fingerprint density at radius 1 is 1.06 bits per heavy atom. The lowest BCUT2D eigenvalue weighted by Crippen LogP contribution is -2.35. The van der Waals surface area contributed by atoms with Crippen molar-refractivity contribution < 1.29 is 26.7 Å². The van der Waals surface area contributed by atoms with Crippen LogP contribution in [0.4, 0.5) is 0 Å². The van der Waals surface area contributed by atoms with Crippen LogP contribution < -0.4 is 9.44 Å². The van der Waals surface area contributed by atoms with E-state index in [-0.39, 0.29) is 25.3 Å². The summed E-state index contributed by atoms with van der Waals surface area (Å²) in [6.45, 7) is 0.985. The number of carboxylic acid groups (broad SMARTS) is 1. The van der Waals surface area contributed by atoms with Gasteiger partial charge in [0.25, 0.3) is 0 Å². The molecule has 0 aliphatic rings. The molecule has 0 unspecified atom stereocenters. The van der Waals surface area contributed by atoms with Crippen molar-refractivity contribution in [1.82, 2.24) is 9.44 Å². The highest BCUT2D eigenvalue weighted by atomic mass is 32.2. The van der Waals surface area contributed by atoms with E-state index in [1.807, 2.05) is 0 Å². The highest BCUT2D eigenvalue weighted by molar-refractivity contribution is 7.90. The topological polar surface area (TPSA) is 130 Å². The van der Waals surface area contributed by atoms with Gasteiger partial charge in [-0.2, -0.15) is 0 Å². The van der Waals surface area contributed by atoms with Gasteiger partial charge in [-0.1, -0.05) is 0 Å². The molecule has 0 aromatic carbocycles. The number of carboxylic acids is 1. The Hall–Kier alpha value is -0.710. The number of hydrogen-bond acceptors (Lipinski definition) is 5. The third-order valence-corrected chi connectivity index (χ3v) is 4.52. The molecule has 0 bridgehead atoms. The van der Waals surface area contributed by atoms with Gasteiger partial charge in [0.2, 0.25) is 20.0 Å². The fraction of sp³-hybridized carbons (Fsp3) is 0.857. The zero-order chi connectivity index (χ0) is 13.5. The molecular weight excluding hydrogens is 272 g/mol. The van der Waals surface area contributed by atoms with E-state index < -0.39 is 31.8 Å². The first-order valence-electron chi connectivity index (χ1n) is 4.85. The van der Waals surface area contributed by atoms with Crippen molar-refractivity contribution in [2.45, 2.75) is 13.3 Å². The van der Waals surface area contributed by atoms with Crippen molar-refractivity contribution in [1.29, 1.82) is 0 Å². The SMILES string of the molecule is CCS(=O)(=O)NCCS(=O)(=O)NCCC(=O)O. The van der Waals surface area contributed by atoms with E-state index in [1.165, 1.54) is 6.92 Å². The van der Waals surface area contributed by atoms with Gasteiger partial charge in [-0.05, 0) is 6.92 Å². The molecule has 0 rings (SSSR count). The molecule has 8 nitrogen and oxygen atoms in total. The fourth-order valence-electron chi connectivity index (χ4n) is 0.819. The summed E-state index contributed by atoms with van der Waals surface area (Å²) in [5.74, 6) is -1.66. The smallest absolute Gasteiger partial charge is 0.304 e. The first-order valence-corrected chi connectivity index (χ1v) is 8.15. The predicted octanol–water partition coefficient (Wildman–Crippen LogP) is -1.68. The van der Waals surface area contributed by atoms with Gasteiger partial charge in [-0.3, -0.25) is 4.79 Å². The normalized spacial score (nSPS) is 12.5. The van der Waals surface area contributed by atoms with Gasteiger partial charge in [0.05, 0.1) is 17.9 Å². The minimum Gasteiger partial charge on any atom is -0.481 e. The zero-order valence-corrected chi connectivity index (χ0v) is 11.0. The lowest BCUT2D eigenvalue weighted by molar-refractivity contribution is -0.136. The van der Waals surface area contributed by atoms with Gasteiger partial charge in [-0.15, -0.1) is 0 Å². The van der Waals surface area contributed by atoms with Crippen LogP contribution in [-0.4, -0.2) is 52.5 Å². The second kappa shape index (κ2) is 6.89. The van der Waals surface area contributed by atoms with E-state index in [1.54, 1.807) is 0 Å². The van der Waals surface area contributed by atoms with Crippen LogP contribution in [0.1, 0.15) is 13.3 Å². The summed E-state index contributed by atoms with van der Waals surface area (Å²) in [6, 6.07) is 0. The summed E-state index contributed by atoms with van der Waals surface area (Å²) < 4.78 is 48.6. The fourth-order valence-corrected chi connectivity index (χ4v) is 2.49. The zero-order valence-electron chi connectivity index (χ0n) is 9.34. The van der Waals surface area contributed by atoms with E-state index in [2.05, 4.69) is 9.44 Å². The van der Waals surface area contributed by atoms with Crippen LogP contribution in [0.25, 0.3) is 0 Å². The van der Waals surface area contributed by atoms with Crippen LogP contribution in [0.3, 0.4) is 0 Å². The lowest BCUT2D eigenvalue weighted by atomic mass is 10.5. The number of hydrogen-bond donors (Lipinski definition) is 3. The molecule has 0 radical (unpaired) electrons. The van der Waals surface area contributed by atoms with Crippen molar-refractivity contribution in [3.63, 3.8) is 0 Å². The number of rotatable bonds is 9. The first kappa shape index (κ1) is 16.3. The molecule has 0 aromatic rings. The largest absolute Gasteiger partial charge is 0.481 e. The summed E-state index contributed by atoms with van der Waals surface area (Å²) in [7, 11) is -7.06. The van der Waals surface area contributed by atoms with Crippen molar-refractivity contribution >= 4 is 26.0 Å². The molecule has 0 aliphatic carbocycles. The Balaban J connectivity index is 3.99. The highest BCUT2D eigenvalue weighted by Crippen LogP contribution is 1.87. The number of sulfonamides is 2. The average Bonchev–Trinajstić information content (AvgIpc) is 2.16. The van der Waals surface area contributed by atoms with E-state index in [4.69, 9.17) is 5.11 Å². The monoisotopic (exact) mass is 288 g/mol. The molecule has 0 aliphatic heterocycles. The Kier molecular flexibility index (Phi) is 6.60. The van der Waals surface area contributed by atoms with Crippen molar-refractivity contribution in [2.24, 2.45) is 0 Å². The van der Waals surface area contributed by atoms with E-state index in [0.717, 1.165) is 0 Å². The second-order valence-corrected chi connectivity index (χ2v) is 7.18. The molecular formula is C7H16N2O6S2. The molecule has 17 heavy (non-hydrogen) atoms. The summed E-state index contributed by atoms with van der Waals surface area (Å²) >= 11 is 0. The molecule has 0 saturated heterocycles. The van der Waals surface area contributed by atoms with E-state index in [0.29, 0.717) is 0 Å². The Labute approximate surface area is 101 Å². The first-order chi connectivity index (χ1) is 7.68. The van der Waals surface area contributed by atoms with Gasteiger partial charge in [0, 0.05) is 13.1 Å². The molecule has 0 atom stereocenters. The predicted molar refractivity (Wildman–Crippen MR) is 61.5 cm³/mol. The standard InChI is InChI=1S/C7H16N2O6S2/c1-2-16(12,13)9-5-6-17(14,15)8-4-3-7(10)11/h8-9H,2-6H2,1H3,(H,10,11). The Bertz CT molecular complexity index is 441. The van der Waals surface area contributed by atoms with Crippen LogP contribution >= 0.6 is 0 Å². The number of carbonyl (C=O) groups is 1. The van der Waals surface area contributed by atoms with Crippen molar-refractivity contribution in [2.75, 3.05) is 24.6 Å². The maximum Gasteiger partial charge on any atom is 0.304 e. The molecule has 0 amide bonds. The molecule has 0 aromatic heterocycles. The summed E-state index contributed by atoms with van der Waals surface area (Å²) in [5.41, 5.74) is 0. The average molecular weight is 288 g/mol. The molecule has 0 saturated carbocycles. The van der Waals surface area contributed by atoms with Crippen molar-refractivity contribution in [3.8, 4) is 0 Å². The van der Waals surface area contributed by atoms with Crippen LogP contribution in [0.5, 0.6) is 0 Å². The second-order valence-electron chi connectivity index (χ2n) is 3.15. The summed E-state index contributed by atoms with van der Waals surface area (Å²) in [4.78, 5) is 10.1. The highest BCUT2D eigenvalue weighted by Gasteiger charge is 2.12. The third kappa shape index (κ3) is 9.03. The molecule has 10 heteroatoms. The third-order valence-electron chi connectivity index (χ3n) is 1.73. The van der Waals surface area contributed by atoms with Gasteiger partial charge < -0.3 is 5.11 Å². The Morgan fingerprint density at radius 3 is 2.06 bits per heavy atom. The van der Waals surface area contributed by atoms with Crippen LogP contribution in [0.2, 0.25) is 0 Å². The van der Waals surface area contributed by atoms with Gasteiger partial charge in [0.1, 0.15) is 0 Å². The number of nitrogens with one attached hydrogen (secondary N) is 2. The molecule has 0 fully saturated rings. The summed E-state index contributed by atoms with van der Waals surface area (Å²) in [5, 5.41) is 8.30. The van der Waals surface area contributed by atoms with Crippen LogP contribution in [0.15, 0.2) is 0 Å². The Morgan fingerprint density at radius 2 is 1.59 bits per heavy atom. The van der Waals surface area contributed by atoms with Crippen LogP contribution in [-0.2, 0) is 24.8 Å². The van der Waals surface area contributed by atoms with E-state index >= 15 is 0 Å². The molecule has 102 valence electrons. The number of aliphatic carboxylic acids is 1. The van der Waals surface area contributed by atoms with Gasteiger partial charge >= 0.3 is 5.97 Å². The minimum atomic E-state index is -3.65. The van der Waals surface area contributed by atoms with Gasteiger partial charge in [0.15, 0.2) is 0 Å². The molecule has 3 N–H and O–H groups in total. The quantitative estimate of drug-likeness (QED) is 0.464. The van der Waals surface area contributed by atoms with Gasteiger partial charge in [-0.25, -0.2) is 26.3 Å². The summed E-state index contributed by atoms with van der Waals surface area (Å²) in [6.07, 6.45) is -0.320. The van der Waals surface area contributed by atoms with Crippen LogP contribution in [0, 0.1) is 0 Å². The molecule has 0 spiro atoms. The van der Waals surface area contributed by atoms with Crippen molar-refractivity contribution in [3.05, 3.63) is 0 Å². The maximum absolute atomic E-state index is 11.2. The maximum atomic E-state index is 11.2.